The Kier molecular flexibility index (Phi) is 6.43. The second kappa shape index (κ2) is 9.00. The fourth-order valence-electron chi connectivity index (χ4n) is 3.20. The van der Waals surface area contributed by atoms with Gasteiger partial charge in [-0.05, 0) is 30.6 Å². The number of benzene rings is 2. The second-order valence-electron chi connectivity index (χ2n) is 6.41. The summed E-state index contributed by atoms with van der Waals surface area (Å²) in [5, 5.41) is 2.79. The van der Waals surface area contributed by atoms with E-state index in [9.17, 15) is 14.4 Å². The summed E-state index contributed by atoms with van der Waals surface area (Å²) in [6.07, 6.45) is 2.25. The highest BCUT2D eigenvalue weighted by Gasteiger charge is 2.42. The van der Waals surface area contributed by atoms with Gasteiger partial charge in [-0.3, -0.25) is 19.3 Å². The molecule has 1 aliphatic rings. The Morgan fingerprint density at radius 1 is 1.03 bits per heavy atom. The van der Waals surface area contributed by atoms with Gasteiger partial charge in [0.1, 0.15) is 17.5 Å². The molecule has 2 aromatic carbocycles. The number of methoxy groups -OCH3 is 2. The van der Waals surface area contributed by atoms with Crippen LogP contribution in [0.2, 0.25) is 0 Å². The first kappa shape index (κ1) is 20.7. The molecule has 0 unspecified atom stereocenters. The number of ether oxygens (including phenoxy) is 2. The molecule has 152 valence electrons. The topological polar surface area (TPSA) is 84.9 Å². The van der Waals surface area contributed by atoms with E-state index >= 15 is 0 Å². The Bertz CT molecular complexity index is 889. The van der Waals surface area contributed by atoms with Crippen molar-refractivity contribution < 1.29 is 23.9 Å². The monoisotopic (exact) mass is 414 g/mol. The molecule has 2 aromatic rings. The molecule has 1 N–H and O–H groups in total. The van der Waals surface area contributed by atoms with Crippen molar-refractivity contribution in [3.8, 4) is 11.5 Å². The number of fused-ring (bicyclic) bond motifs is 1. The average Bonchev–Trinajstić information content (AvgIpc) is 2.99. The van der Waals surface area contributed by atoms with Crippen molar-refractivity contribution in [3.63, 3.8) is 0 Å². The number of rotatable bonds is 8. The number of nitrogens with zero attached hydrogens (tertiary/aromatic N) is 1. The second-order valence-corrected chi connectivity index (χ2v) is 7.40. The van der Waals surface area contributed by atoms with Crippen LogP contribution in [-0.4, -0.2) is 54.9 Å². The first-order valence-electron chi connectivity index (χ1n) is 9.00. The molecule has 0 saturated carbocycles. The van der Waals surface area contributed by atoms with Crippen LogP contribution in [-0.2, 0) is 4.79 Å². The molecule has 29 heavy (non-hydrogen) atoms. The molecule has 0 aliphatic carbocycles. The molecule has 3 amide bonds. The van der Waals surface area contributed by atoms with Crippen LogP contribution in [0.15, 0.2) is 42.5 Å². The van der Waals surface area contributed by atoms with Crippen molar-refractivity contribution >= 4 is 35.2 Å². The fourth-order valence-corrected chi connectivity index (χ4v) is 3.66. The molecule has 0 saturated heterocycles. The molecule has 0 bridgehead atoms. The van der Waals surface area contributed by atoms with E-state index in [1.54, 1.807) is 54.2 Å². The summed E-state index contributed by atoms with van der Waals surface area (Å²) in [6.45, 7) is 0. The Balaban J connectivity index is 1.89. The van der Waals surface area contributed by atoms with E-state index in [-0.39, 0.29) is 0 Å². The van der Waals surface area contributed by atoms with Crippen LogP contribution in [0.3, 0.4) is 0 Å². The van der Waals surface area contributed by atoms with E-state index < -0.39 is 23.8 Å². The molecule has 8 heteroatoms. The number of nitrogens with one attached hydrogen (secondary N) is 1. The third kappa shape index (κ3) is 4.22. The summed E-state index contributed by atoms with van der Waals surface area (Å²) in [6, 6.07) is 10.7. The Labute approximate surface area is 173 Å². The van der Waals surface area contributed by atoms with Gasteiger partial charge in [-0.2, -0.15) is 11.8 Å². The summed E-state index contributed by atoms with van der Waals surface area (Å²) in [7, 11) is 3.03. The van der Waals surface area contributed by atoms with Crippen molar-refractivity contribution in [1.29, 1.82) is 0 Å². The van der Waals surface area contributed by atoms with Crippen molar-refractivity contribution in [2.24, 2.45) is 0 Å². The van der Waals surface area contributed by atoms with E-state index in [0.717, 1.165) is 4.90 Å². The zero-order valence-electron chi connectivity index (χ0n) is 16.4. The lowest BCUT2D eigenvalue weighted by atomic mass is 10.1. The van der Waals surface area contributed by atoms with E-state index in [1.165, 1.54) is 14.2 Å². The molecule has 1 heterocycles. The average molecular weight is 414 g/mol. The van der Waals surface area contributed by atoms with Gasteiger partial charge in [0.2, 0.25) is 5.91 Å². The molecule has 3 rings (SSSR count). The Hall–Kier alpha value is -3.00. The van der Waals surface area contributed by atoms with Crippen LogP contribution >= 0.6 is 11.8 Å². The van der Waals surface area contributed by atoms with Crippen molar-refractivity contribution in [1.82, 2.24) is 4.90 Å². The minimum absolute atomic E-state index is 0.322. The van der Waals surface area contributed by atoms with Crippen LogP contribution in [0, 0.1) is 0 Å². The number of anilines is 1. The van der Waals surface area contributed by atoms with Gasteiger partial charge in [0, 0.05) is 23.9 Å². The quantitative estimate of drug-likeness (QED) is 0.669. The predicted molar refractivity (Wildman–Crippen MR) is 112 cm³/mol. The molecule has 0 aromatic heterocycles. The summed E-state index contributed by atoms with van der Waals surface area (Å²) in [5.41, 5.74) is 1.10. The van der Waals surface area contributed by atoms with Crippen LogP contribution in [0.5, 0.6) is 11.5 Å². The molecule has 0 radical (unpaired) electrons. The highest BCUT2D eigenvalue weighted by atomic mass is 32.2. The summed E-state index contributed by atoms with van der Waals surface area (Å²) < 4.78 is 10.5. The lowest BCUT2D eigenvalue weighted by Crippen LogP contribution is -2.47. The van der Waals surface area contributed by atoms with Gasteiger partial charge >= 0.3 is 0 Å². The van der Waals surface area contributed by atoms with Gasteiger partial charge in [-0.25, -0.2) is 0 Å². The van der Waals surface area contributed by atoms with Crippen molar-refractivity contribution in [3.05, 3.63) is 53.6 Å². The lowest BCUT2D eigenvalue weighted by Gasteiger charge is -2.25. The normalized spacial score (nSPS) is 13.8. The summed E-state index contributed by atoms with van der Waals surface area (Å²) in [5.74, 6) is 0.309. The third-order valence-electron chi connectivity index (χ3n) is 4.65. The molecule has 0 spiro atoms. The van der Waals surface area contributed by atoms with Crippen molar-refractivity contribution in [2.45, 2.75) is 12.5 Å². The van der Waals surface area contributed by atoms with Crippen LogP contribution in [0.1, 0.15) is 27.1 Å². The Morgan fingerprint density at radius 2 is 1.59 bits per heavy atom. The minimum Gasteiger partial charge on any atom is -0.497 e. The summed E-state index contributed by atoms with van der Waals surface area (Å²) >= 11 is 1.54. The molecule has 0 fully saturated rings. The predicted octanol–water partition coefficient (Wildman–Crippen LogP) is 3.06. The third-order valence-corrected chi connectivity index (χ3v) is 5.30. The van der Waals surface area contributed by atoms with Gasteiger partial charge in [0.15, 0.2) is 0 Å². The number of hydrogen-bond donors (Lipinski definition) is 1. The first-order valence-corrected chi connectivity index (χ1v) is 10.4. The van der Waals surface area contributed by atoms with Gasteiger partial charge in [-0.1, -0.05) is 12.1 Å². The number of amides is 3. The largest absolute Gasteiger partial charge is 0.497 e. The van der Waals surface area contributed by atoms with E-state index in [1.807, 2.05) is 6.26 Å². The standard InChI is InChI=1S/C21H22N2O5S/c1-27-14-10-13(11-15(12-14)28-2)22-19(24)18(8-9-29-3)23-20(25)16-6-4-5-7-17(16)21(23)26/h4-7,10-12,18H,8-9H2,1-3H3,(H,22,24)/t18-/m0/s1. The smallest absolute Gasteiger partial charge is 0.262 e. The number of hydrogen-bond acceptors (Lipinski definition) is 6. The van der Waals surface area contributed by atoms with Crippen molar-refractivity contribution in [2.75, 3.05) is 31.5 Å². The summed E-state index contributed by atoms with van der Waals surface area (Å²) in [4.78, 5) is 39.9. The zero-order chi connectivity index (χ0) is 21.0. The van der Waals surface area contributed by atoms with Gasteiger partial charge in [0.05, 0.1) is 25.3 Å². The molecule has 1 atom stereocenters. The maximum Gasteiger partial charge on any atom is 0.262 e. The highest BCUT2D eigenvalue weighted by molar-refractivity contribution is 7.98. The van der Waals surface area contributed by atoms with Gasteiger partial charge in [-0.15, -0.1) is 0 Å². The fraction of sp³-hybridized carbons (Fsp3) is 0.286. The lowest BCUT2D eigenvalue weighted by molar-refractivity contribution is -0.120. The number of imide groups is 1. The van der Waals surface area contributed by atoms with Crippen LogP contribution < -0.4 is 14.8 Å². The van der Waals surface area contributed by atoms with E-state index in [2.05, 4.69) is 5.32 Å². The maximum absolute atomic E-state index is 13.1. The highest BCUT2D eigenvalue weighted by Crippen LogP contribution is 2.29. The molecule has 7 nitrogen and oxygen atoms in total. The van der Waals surface area contributed by atoms with Gasteiger partial charge < -0.3 is 14.8 Å². The van der Waals surface area contributed by atoms with E-state index in [4.69, 9.17) is 9.47 Å². The maximum atomic E-state index is 13.1. The van der Waals surface area contributed by atoms with E-state index in [0.29, 0.717) is 40.5 Å². The van der Waals surface area contributed by atoms with Crippen LogP contribution in [0.4, 0.5) is 5.69 Å². The minimum atomic E-state index is -0.924. The zero-order valence-corrected chi connectivity index (χ0v) is 17.2. The van der Waals surface area contributed by atoms with Crippen LogP contribution in [0.25, 0.3) is 0 Å². The SMILES string of the molecule is COc1cc(NC(=O)[C@H](CCSC)N2C(=O)c3ccccc3C2=O)cc(OC)c1. The molecular formula is C21H22N2O5S. The number of carbonyl (C=O) groups excluding carboxylic acids is 3. The molecular weight excluding hydrogens is 392 g/mol. The number of thioether (sulfide) groups is 1. The van der Waals surface area contributed by atoms with Gasteiger partial charge in [0.25, 0.3) is 11.8 Å². The number of carbonyl (C=O) groups is 3. The molecule has 1 aliphatic heterocycles. The first-order chi connectivity index (χ1) is 14.0. The Morgan fingerprint density at radius 3 is 2.07 bits per heavy atom.